The van der Waals surface area contributed by atoms with Gasteiger partial charge in [0.1, 0.15) is 0 Å². The van der Waals surface area contributed by atoms with E-state index in [1.165, 1.54) is 0 Å². The number of nitrogens with zero attached hydrogens (tertiary/aromatic N) is 1. The van der Waals surface area contributed by atoms with E-state index >= 15 is 0 Å². The van der Waals surface area contributed by atoms with Crippen LogP contribution in [0.15, 0.2) is 88.3 Å². The first-order valence-electron chi connectivity index (χ1n) is 8.85. The number of halogens is 1. The number of hydrogen-bond donors (Lipinski definition) is 1. The minimum absolute atomic E-state index is 0.176. The summed E-state index contributed by atoms with van der Waals surface area (Å²) in [5.41, 5.74) is 2.50. The molecule has 1 aromatic heterocycles. The summed E-state index contributed by atoms with van der Waals surface area (Å²) < 4.78 is 34.8. The van der Waals surface area contributed by atoms with Gasteiger partial charge in [0.25, 0.3) is 10.0 Å². The summed E-state index contributed by atoms with van der Waals surface area (Å²) in [6, 6.07) is 23.1. The quantitative estimate of drug-likeness (QED) is 0.441. The second kappa shape index (κ2) is 7.73. The number of aromatic nitrogens is 1. The Bertz CT molecular complexity index is 1250. The molecule has 0 radical (unpaired) electrons. The molecule has 0 saturated carbocycles. The number of rotatable bonds is 5. The molecule has 0 aliphatic rings. The molecule has 0 fully saturated rings. The summed E-state index contributed by atoms with van der Waals surface area (Å²) in [5, 5.41) is 0.290. The van der Waals surface area contributed by atoms with Gasteiger partial charge >= 0.3 is 0 Å². The van der Waals surface area contributed by atoms with E-state index in [1.54, 1.807) is 30.3 Å². The highest BCUT2D eigenvalue weighted by molar-refractivity contribution is 7.92. The lowest BCUT2D eigenvalue weighted by molar-refractivity contribution is 0.581. The first-order chi connectivity index (χ1) is 13.9. The Hall–Kier alpha value is -3.09. The van der Waals surface area contributed by atoms with E-state index in [9.17, 15) is 8.42 Å². The van der Waals surface area contributed by atoms with Crippen molar-refractivity contribution >= 4 is 27.3 Å². The van der Waals surface area contributed by atoms with Crippen LogP contribution < -0.4 is 4.72 Å². The van der Waals surface area contributed by atoms with E-state index in [0.717, 1.165) is 5.56 Å². The van der Waals surface area contributed by atoms with Crippen molar-refractivity contribution in [1.29, 1.82) is 0 Å². The first kappa shape index (κ1) is 19.2. The van der Waals surface area contributed by atoms with Gasteiger partial charge in [0.2, 0.25) is 10.9 Å². The molecule has 3 aromatic carbocycles. The van der Waals surface area contributed by atoms with Crippen LogP contribution in [0, 0.1) is 6.92 Å². The minimum Gasteiger partial charge on any atom is -0.435 e. The molecule has 1 heterocycles. The van der Waals surface area contributed by atoms with Gasteiger partial charge in [-0.2, -0.15) is 13.4 Å². The van der Waals surface area contributed by atoms with Crippen molar-refractivity contribution in [3.8, 4) is 22.8 Å². The van der Waals surface area contributed by atoms with E-state index in [0.29, 0.717) is 21.8 Å². The highest BCUT2D eigenvalue weighted by Gasteiger charge is 2.27. The van der Waals surface area contributed by atoms with Crippen molar-refractivity contribution < 1.29 is 12.8 Å². The van der Waals surface area contributed by atoms with E-state index in [1.807, 2.05) is 55.5 Å². The smallest absolute Gasteiger partial charge is 0.283 e. The fourth-order valence-electron chi connectivity index (χ4n) is 2.82. The summed E-state index contributed by atoms with van der Waals surface area (Å²) in [6.07, 6.45) is 0. The lowest BCUT2D eigenvalue weighted by Crippen LogP contribution is -2.14. The first-order valence-corrected chi connectivity index (χ1v) is 10.7. The third-order valence-electron chi connectivity index (χ3n) is 4.33. The number of hydrogen-bond acceptors (Lipinski definition) is 4. The van der Waals surface area contributed by atoms with Crippen LogP contribution in [0.5, 0.6) is 0 Å². The monoisotopic (exact) mass is 424 g/mol. The Balaban J connectivity index is 1.82. The van der Waals surface area contributed by atoms with Crippen LogP contribution in [0.25, 0.3) is 22.8 Å². The van der Waals surface area contributed by atoms with Gasteiger partial charge in [-0.1, -0.05) is 66.2 Å². The van der Waals surface area contributed by atoms with Gasteiger partial charge in [-0.05, 0) is 36.8 Å². The van der Waals surface area contributed by atoms with Gasteiger partial charge < -0.3 is 4.42 Å². The zero-order valence-electron chi connectivity index (χ0n) is 15.5. The largest absolute Gasteiger partial charge is 0.435 e. The number of sulfonamides is 1. The van der Waals surface area contributed by atoms with Gasteiger partial charge in [-0.25, -0.2) is 0 Å². The molecule has 0 atom stereocenters. The number of oxazole rings is 1. The minimum atomic E-state index is -4.02. The average Bonchev–Trinajstić information content (AvgIpc) is 3.19. The second-order valence-electron chi connectivity index (χ2n) is 6.45. The Labute approximate surface area is 174 Å². The Morgan fingerprint density at radius 1 is 0.897 bits per heavy atom. The summed E-state index contributed by atoms with van der Waals surface area (Å²) in [7, 11) is -4.02. The molecule has 0 aliphatic carbocycles. The number of nitrogens with one attached hydrogen (secondary N) is 1. The van der Waals surface area contributed by atoms with Gasteiger partial charge in [-0.15, -0.1) is 0 Å². The van der Waals surface area contributed by atoms with E-state index in [-0.39, 0.29) is 16.7 Å². The summed E-state index contributed by atoms with van der Waals surface area (Å²) in [5.74, 6) is 0.405. The van der Waals surface area contributed by atoms with Gasteiger partial charge in [0, 0.05) is 16.1 Å². The van der Waals surface area contributed by atoms with Crippen LogP contribution in [0.2, 0.25) is 5.02 Å². The Morgan fingerprint density at radius 2 is 1.52 bits per heavy atom. The van der Waals surface area contributed by atoms with Crippen molar-refractivity contribution in [3.63, 3.8) is 0 Å². The molecule has 1 N–H and O–H groups in total. The normalized spacial score (nSPS) is 11.4. The van der Waals surface area contributed by atoms with Crippen LogP contribution in [-0.2, 0) is 10.0 Å². The van der Waals surface area contributed by atoms with Crippen LogP contribution in [-0.4, -0.2) is 13.4 Å². The zero-order valence-corrected chi connectivity index (χ0v) is 17.0. The second-order valence-corrected chi connectivity index (χ2v) is 8.46. The predicted octanol–water partition coefficient (Wildman–Crippen LogP) is 5.77. The molecule has 7 heteroatoms. The van der Waals surface area contributed by atoms with Gasteiger partial charge in [-0.3, -0.25) is 4.72 Å². The SMILES string of the molecule is Cc1ccc(NS(=O)(=O)c2nc(-c3ccccc3)oc2-c2ccccc2)cc1Cl. The molecule has 29 heavy (non-hydrogen) atoms. The molecule has 0 spiro atoms. The maximum absolute atomic E-state index is 13.2. The van der Waals surface area contributed by atoms with Crippen molar-refractivity contribution in [2.24, 2.45) is 0 Å². The Morgan fingerprint density at radius 3 is 2.14 bits per heavy atom. The topological polar surface area (TPSA) is 72.2 Å². The zero-order chi connectivity index (χ0) is 20.4. The highest BCUT2D eigenvalue weighted by atomic mass is 35.5. The highest BCUT2D eigenvalue weighted by Crippen LogP contribution is 2.33. The van der Waals surface area contributed by atoms with Crippen molar-refractivity contribution in [2.75, 3.05) is 4.72 Å². The van der Waals surface area contributed by atoms with Crippen molar-refractivity contribution in [2.45, 2.75) is 11.9 Å². The van der Waals surface area contributed by atoms with Crippen molar-refractivity contribution in [3.05, 3.63) is 89.4 Å². The summed E-state index contributed by atoms with van der Waals surface area (Å²) in [6.45, 7) is 1.85. The molecule has 0 saturated heterocycles. The molecule has 0 unspecified atom stereocenters. The third kappa shape index (κ3) is 4.04. The van der Waals surface area contributed by atoms with Crippen LogP contribution >= 0.6 is 11.6 Å². The van der Waals surface area contributed by atoms with Crippen molar-refractivity contribution in [1.82, 2.24) is 4.98 Å². The van der Waals surface area contributed by atoms with Gasteiger partial charge in [0.15, 0.2) is 5.76 Å². The summed E-state index contributed by atoms with van der Waals surface area (Å²) in [4.78, 5) is 4.31. The number of aryl methyl sites for hydroxylation is 1. The number of anilines is 1. The molecule has 146 valence electrons. The lowest BCUT2D eigenvalue weighted by Gasteiger charge is -2.08. The van der Waals surface area contributed by atoms with Crippen LogP contribution in [0.4, 0.5) is 5.69 Å². The lowest BCUT2D eigenvalue weighted by atomic mass is 10.2. The van der Waals surface area contributed by atoms with Crippen LogP contribution in [0.3, 0.4) is 0 Å². The average molecular weight is 425 g/mol. The molecular weight excluding hydrogens is 408 g/mol. The van der Waals surface area contributed by atoms with E-state index in [2.05, 4.69) is 9.71 Å². The third-order valence-corrected chi connectivity index (χ3v) is 6.03. The molecule has 0 amide bonds. The van der Waals surface area contributed by atoms with Crippen LogP contribution in [0.1, 0.15) is 5.56 Å². The molecule has 4 aromatic rings. The molecule has 4 rings (SSSR count). The molecule has 0 aliphatic heterocycles. The summed E-state index contributed by atoms with van der Waals surface area (Å²) >= 11 is 6.13. The standard InChI is InChI=1S/C22H17ClN2O3S/c1-15-12-13-18(14-19(15)23)25-29(26,27)22-20(16-8-4-2-5-9-16)28-21(24-22)17-10-6-3-7-11-17/h2-14,25H,1H3. The van der Waals surface area contributed by atoms with Gasteiger partial charge in [0.05, 0.1) is 5.69 Å². The fourth-order valence-corrected chi connectivity index (χ4v) is 4.15. The molecule has 5 nitrogen and oxygen atoms in total. The molecule has 0 bridgehead atoms. The maximum Gasteiger partial charge on any atom is 0.283 e. The van der Waals surface area contributed by atoms with E-state index < -0.39 is 10.0 Å². The fraction of sp³-hybridized carbons (Fsp3) is 0.0455. The predicted molar refractivity (Wildman–Crippen MR) is 114 cm³/mol. The number of benzene rings is 3. The molecular formula is C22H17ClN2O3S. The Kier molecular flexibility index (Phi) is 5.13. The van der Waals surface area contributed by atoms with E-state index in [4.69, 9.17) is 16.0 Å². The maximum atomic E-state index is 13.2.